The summed E-state index contributed by atoms with van der Waals surface area (Å²) in [5, 5.41) is 6.99. The van der Waals surface area contributed by atoms with E-state index in [-0.39, 0.29) is 5.41 Å². The van der Waals surface area contributed by atoms with E-state index in [0.717, 1.165) is 38.2 Å². The van der Waals surface area contributed by atoms with Crippen molar-refractivity contribution < 1.29 is 0 Å². The summed E-state index contributed by atoms with van der Waals surface area (Å²) in [7, 11) is 0. The first-order valence-electron chi connectivity index (χ1n) is 15.5. The summed E-state index contributed by atoms with van der Waals surface area (Å²) in [5.41, 5.74) is 8.25. The van der Waals surface area contributed by atoms with Crippen molar-refractivity contribution in [3.8, 4) is 45.3 Å². The fourth-order valence-electron chi connectivity index (χ4n) is 7.25. The summed E-state index contributed by atoms with van der Waals surface area (Å²) in [6.07, 6.45) is 0. The van der Waals surface area contributed by atoms with E-state index in [2.05, 4.69) is 153 Å². The minimum absolute atomic E-state index is 0.0631. The molecule has 1 aliphatic rings. The molecule has 1 aliphatic carbocycles. The van der Waals surface area contributed by atoms with E-state index >= 15 is 0 Å². The predicted molar refractivity (Wildman–Crippen MR) is 186 cm³/mol. The standard InChI is InChI=1S/C42H29N3/c1-42(2)36-20-8-7-17-34(36)38-35-25-29(22-21-28(35)23-24-37(38)42)39-43-40(32-18-9-13-26-11-3-5-15-30(26)32)45-41(44-39)33-19-10-14-27-12-4-6-16-31(27)33/h3-25H,1-2H3. The second-order valence-corrected chi connectivity index (χ2v) is 12.5. The van der Waals surface area contributed by atoms with E-state index in [1.807, 2.05) is 0 Å². The molecule has 0 spiro atoms. The maximum atomic E-state index is 5.18. The largest absolute Gasteiger partial charge is 0.208 e. The molecule has 0 radical (unpaired) electrons. The lowest BCUT2D eigenvalue weighted by Gasteiger charge is -2.21. The molecule has 0 fully saturated rings. The van der Waals surface area contributed by atoms with Crippen molar-refractivity contribution in [3.05, 3.63) is 151 Å². The third-order valence-corrected chi connectivity index (χ3v) is 9.52. The molecule has 0 atom stereocenters. The van der Waals surface area contributed by atoms with Crippen LogP contribution in [0.1, 0.15) is 25.0 Å². The monoisotopic (exact) mass is 575 g/mol. The van der Waals surface area contributed by atoms with Crippen molar-refractivity contribution >= 4 is 32.3 Å². The summed E-state index contributed by atoms with van der Waals surface area (Å²) >= 11 is 0. The molecule has 0 amide bonds. The Morgan fingerprint density at radius 1 is 0.400 bits per heavy atom. The van der Waals surface area contributed by atoms with Crippen molar-refractivity contribution in [2.24, 2.45) is 0 Å². The lowest BCUT2D eigenvalue weighted by Crippen LogP contribution is -2.14. The molecular weight excluding hydrogens is 546 g/mol. The van der Waals surface area contributed by atoms with Gasteiger partial charge in [-0.1, -0.05) is 147 Å². The third-order valence-electron chi connectivity index (χ3n) is 9.52. The molecule has 0 saturated carbocycles. The van der Waals surface area contributed by atoms with Gasteiger partial charge < -0.3 is 0 Å². The minimum Gasteiger partial charge on any atom is -0.208 e. The second-order valence-electron chi connectivity index (χ2n) is 12.5. The van der Waals surface area contributed by atoms with Gasteiger partial charge in [0.25, 0.3) is 0 Å². The van der Waals surface area contributed by atoms with Gasteiger partial charge >= 0.3 is 0 Å². The Labute approximate surface area is 261 Å². The number of aromatic nitrogens is 3. The molecule has 7 aromatic carbocycles. The van der Waals surface area contributed by atoms with E-state index in [1.165, 1.54) is 33.0 Å². The van der Waals surface area contributed by atoms with Gasteiger partial charge in [-0.25, -0.2) is 15.0 Å². The van der Waals surface area contributed by atoms with Crippen LogP contribution in [0.25, 0.3) is 77.6 Å². The van der Waals surface area contributed by atoms with Crippen molar-refractivity contribution in [2.75, 3.05) is 0 Å². The van der Waals surface area contributed by atoms with Crippen molar-refractivity contribution in [1.82, 2.24) is 15.0 Å². The van der Waals surface area contributed by atoms with Gasteiger partial charge in [0.2, 0.25) is 0 Å². The van der Waals surface area contributed by atoms with Gasteiger partial charge in [0.05, 0.1) is 0 Å². The highest BCUT2D eigenvalue weighted by molar-refractivity contribution is 6.04. The van der Waals surface area contributed by atoms with Crippen molar-refractivity contribution in [1.29, 1.82) is 0 Å². The van der Waals surface area contributed by atoms with Crippen LogP contribution in [0.4, 0.5) is 0 Å². The number of benzene rings is 7. The molecule has 0 saturated heterocycles. The Morgan fingerprint density at radius 3 is 1.60 bits per heavy atom. The smallest absolute Gasteiger partial charge is 0.164 e. The SMILES string of the molecule is CC1(C)c2ccccc2-c2c1ccc1ccc(-c3nc(-c4cccc5ccccc45)nc(-c4cccc5ccccc45)n3)cc21. The number of hydrogen-bond donors (Lipinski definition) is 0. The zero-order valence-corrected chi connectivity index (χ0v) is 25.1. The van der Waals surface area contributed by atoms with Gasteiger partial charge in [-0.2, -0.15) is 0 Å². The Kier molecular flexibility index (Phi) is 5.54. The number of hydrogen-bond acceptors (Lipinski definition) is 3. The maximum Gasteiger partial charge on any atom is 0.164 e. The van der Waals surface area contributed by atoms with Crippen molar-refractivity contribution in [2.45, 2.75) is 19.3 Å². The Morgan fingerprint density at radius 2 is 0.911 bits per heavy atom. The van der Waals surface area contributed by atoms with Crippen LogP contribution in [-0.4, -0.2) is 15.0 Å². The second kappa shape index (κ2) is 9.67. The van der Waals surface area contributed by atoms with E-state index < -0.39 is 0 Å². The quantitative estimate of drug-likeness (QED) is 0.210. The molecule has 0 N–H and O–H groups in total. The predicted octanol–water partition coefficient (Wildman–Crippen LogP) is 10.6. The van der Waals surface area contributed by atoms with Gasteiger partial charge in [-0.3, -0.25) is 0 Å². The van der Waals surface area contributed by atoms with Crippen LogP contribution in [0.5, 0.6) is 0 Å². The van der Waals surface area contributed by atoms with E-state index in [0.29, 0.717) is 17.5 Å². The van der Waals surface area contributed by atoms with Gasteiger partial charge in [-0.05, 0) is 60.6 Å². The van der Waals surface area contributed by atoms with Crippen LogP contribution in [0.15, 0.2) is 140 Å². The van der Waals surface area contributed by atoms with Crippen LogP contribution in [-0.2, 0) is 5.41 Å². The Hall–Kier alpha value is -5.67. The molecule has 45 heavy (non-hydrogen) atoms. The first-order valence-corrected chi connectivity index (χ1v) is 15.5. The summed E-state index contributed by atoms with van der Waals surface area (Å²) in [5.74, 6) is 2.01. The molecule has 1 heterocycles. The van der Waals surface area contributed by atoms with E-state index in [9.17, 15) is 0 Å². The Balaban J connectivity index is 1.32. The van der Waals surface area contributed by atoms with Crippen LogP contribution >= 0.6 is 0 Å². The molecule has 3 nitrogen and oxygen atoms in total. The summed E-state index contributed by atoms with van der Waals surface area (Å²) in [6.45, 7) is 4.65. The molecule has 8 aromatic rings. The molecule has 1 aromatic heterocycles. The van der Waals surface area contributed by atoms with Gasteiger partial charge in [-0.15, -0.1) is 0 Å². The number of fused-ring (bicyclic) bond motifs is 7. The average Bonchev–Trinajstić information content (AvgIpc) is 3.33. The third kappa shape index (κ3) is 3.94. The highest BCUT2D eigenvalue weighted by atomic mass is 15.0. The number of nitrogens with zero attached hydrogens (tertiary/aromatic N) is 3. The topological polar surface area (TPSA) is 38.7 Å². The van der Waals surface area contributed by atoms with Gasteiger partial charge in [0.1, 0.15) is 0 Å². The maximum absolute atomic E-state index is 5.18. The van der Waals surface area contributed by atoms with E-state index in [1.54, 1.807) is 0 Å². The number of rotatable bonds is 3. The minimum atomic E-state index is -0.0631. The first kappa shape index (κ1) is 25.8. The van der Waals surface area contributed by atoms with Crippen LogP contribution in [0.2, 0.25) is 0 Å². The highest BCUT2D eigenvalue weighted by Crippen LogP contribution is 2.51. The van der Waals surface area contributed by atoms with Crippen molar-refractivity contribution in [3.63, 3.8) is 0 Å². The lowest BCUT2D eigenvalue weighted by atomic mass is 9.82. The normalized spacial score (nSPS) is 13.3. The fraction of sp³-hybridized carbons (Fsp3) is 0.0714. The van der Waals surface area contributed by atoms with Crippen LogP contribution in [0.3, 0.4) is 0 Å². The average molecular weight is 576 g/mol. The summed E-state index contributed by atoms with van der Waals surface area (Å²) in [6, 6.07) is 49.5. The molecule has 0 aliphatic heterocycles. The molecule has 0 unspecified atom stereocenters. The zero-order valence-electron chi connectivity index (χ0n) is 25.1. The molecule has 0 bridgehead atoms. The lowest BCUT2D eigenvalue weighted by molar-refractivity contribution is 0.661. The van der Waals surface area contributed by atoms with Gasteiger partial charge in [0, 0.05) is 22.1 Å². The van der Waals surface area contributed by atoms with E-state index in [4.69, 9.17) is 15.0 Å². The van der Waals surface area contributed by atoms with Crippen LogP contribution < -0.4 is 0 Å². The summed E-state index contributed by atoms with van der Waals surface area (Å²) < 4.78 is 0. The molecule has 3 heteroatoms. The molecule has 212 valence electrons. The fourth-order valence-corrected chi connectivity index (χ4v) is 7.25. The zero-order chi connectivity index (χ0) is 30.1. The van der Waals surface area contributed by atoms with Crippen LogP contribution in [0, 0.1) is 0 Å². The highest BCUT2D eigenvalue weighted by Gasteiger charge is 2.36. The summed E-state index contributed by atoms with van der Waals surface area (Å²) in [4.78, 5) is 15.5. The molecular formula is C42H29N3. The van der Waals surface area contributed by atoms with Gasteiger partial charge in [0.15, 0.2) is 17.5 Å². The molecule has 9 rings (SSSR count). The first-order chi connectivity index (χ1) is 22.1. The Bertz CT molecular complexity index is 2360.